The van der Waals surface area contributed by atoms with Crippen LogP contribution in [0.1, 0.15) is 25.8 Å². The summed E-state index contributed by atoms with van der Waals surface area (Å²) >= 11 is 6.01. The van der Waals surface area contributed by atoms with Gasteiger partial charge in [-0.3, -0.25) is 11.3 Å². The molecule has 0 aliphatic heterocycles. The van der Waals surface area contributed by atoms with Crippen LogP contribution in [0.5, 0.6) is 5.75 Å². The molecular formula is C13H21ClN2O. The molecule has 96 valence electrons. The standard InChI is InChI=1S/C13H21ClN2O/c1-4-9(2)12(16-15)8-10-7-11(14)5-6-13(10)17-3/h5-7,9,12,16H,4,8,15H2,1-3H3. The molecule has 17 heavy (non-hydrogen) atoms. The summed E-state index contributed by atoms with van der Waals surface area (Å²) in [6, 6.07) is 5.89. The van der Waals surface area contributed by atoms with Crippen molar-refractivity contribution < 1.29 is 4.74 Å². The average molecular weight is 257 g/mol. The third-order valence-electron chi connectivity index (χ3n) is 3.23. The Kier molecular flexibility index (Phi) is 5.75. The van der Waals surface area contributed by atoms with Crippen LogP contribution in [0, 0.1) is 5.92 Å². The Morgan fingerprint density at radius 3 is 2.71 bits per heavy atom. The number of nitrogens with two attached hydrogens (primary N) is 1. The summed E-state index contributed by atoms with van der Waals surface area (Å²) in [6.07, 6.45) is 1.90. The second kappa shape index (κ2) is 6.84. The molecule has 4 heteroatoms. The minimum absolute atomic E-state index is 0.229. The third kappa shape index (κ3) is 3.87. The fraction of sp³-hybridized carbons (Fsp3) is 0.538. The van der Waals surface area contributed by atoms with E-state index < -0.39 is 0 Å². The van der Waals surface area contributed by atoms with Crippen molar-refractivity contribution in [3.05, 3.63) is 28.8 Å². The highest BCUT2D eigenvalue weighted by Crippen LogP contribution is 2.25. The van der Waals surface area contributed by atoms with Gasteiger partial charge in [0.05, 0.1) is 7.11 Å². The summed E-state index contributed by atoms with van der Waals surface area (Å²) in [5, 5.41) is 0.723. The largest absolute Gasteiger partial charge is 0.496 e. The Morgan fingerprint density at radius 1 is 1.47 bits per heavy atom. The van der Waals surface area contributed by atoms with Crippen molar-refractivity contribution in [3.63, 3.8) is 0 Å². The number of rotatable bonds is 6. The van der Waals surface area contributed by atoms with Crippen molar-refractivity contribution >= 4 is 11.6 Å². The van der Waals surface area contributed by atoms with E-state index in [-0.39, 0.29) is 6.04 Å². The first kappa shape index (κ1) is 14.3. The Balaban J connectivity index is 2.88. The summed E-state index contributed by atoms with van der Waals surface area (Å²) < 4.78 is 5.33. The molecule has 0 saturated carbocycles. The van der Waals surface area contributed by atoms with Gasteiger partial charge in [0.15, 0.2) is 0 Å². The lowest BCUT2D eigenvalue weighted by Gasteiger charge is -2.23. The molecule has 0 heterocycles. The van der Waals surface area contributed by atoms with Gasteiger partial charge in [0.25, 0.3) is 0 Å². The van der Waals surface area contributed by atoms with Crippen LogP contribution in [0.2, 0.25) is 5.02 Å². The molecule has 1 rings (SSSR count). The van der Waals surface area contributed by atoms with Crippen LogP contribution in [0.15, 0.2) is 18.2 Å². The number of benzene rings is 1. The quantitative estimate of drug-likeness (QED) is 0.608. The molecule has 0 aromatic heterocycles. The number of hydrogen-bond donors (Lipinski definition) is 2. The lowest BCUT2D eigenvalue weighted by molar-refractivity contribution is 0.360. The van der Waals surface area contributed by atoms with E-state index in [0.717, 1.165) is 29.2 Å². The van der Waals surface area contributed by atoms with Gasteiger partial charge in [-0.2, -0.15) is 0 Å². The Hall–Kier alpha value is -0.770. The molecule has 0 spiro atoms. The highest BCUT2D eigenvalue weighted by molar-refractivity contribution is 6.30. The maximum Gasteiger partial charge on any atom is 0.122 e. The van der Waals surface area contributed by atoms with Crippen LogP contribution < -0.4 is 16.0 Å². The molecule has 2 unspecified atom stereocenters. The molecule has 1 aromatic carbocycles. The van der Waals surface area contributed by atoms with Crippen LogP contribution >= 0.6 is 11.6 Å². The topological polar surface area (TPSA) is 47.3 Å². The van der Waals surface area contributed by atoms with Gasteiger partial charge in [-0.05, 0) is 36.1 Å². The molecule has 0 bridgehead atoms. The highest BCUT2D eigenvalue weighted by atomic mass is 35.5. The summed E-state index contributed by atoms with van der Waals surface area (Å²) in [6.45, 7) is 4.34. The van der Waals surface area contributed by atoms with E-state index >= 15 is 0 Å². The first-order valence-corrected chi connectivity index (χ1v) is 6.28. The van der Waals surface area contributed by atoms with Gasteiger partial charge in [-0.15, -0.1) is 0 Å². The van der Waals surface area contributed by atoms with E-state index in [0.29, 0.717) is 5.92 Å². The third-order valence-corrected chi connectivity index (χ3v) is 3.46. The molecule has 0 aliphatic carbocycles. The van der Waals surface area contributed by atoms with E-state index in [4.69, 9.17) is 22.2 Å². The zero-order valence-corrected chi connectivity index (χ0v) is 11.4. The summed E-state index contributed by atoms with van der Waals surface area (Å²) in [5.41, 5.74) is 3.96. The van der Waals surface area contributed by atoms with Crippen molar-refractivity contribution in [1.82, 2.24) is 5.43 Å². The summed E-state index contributed by atoms with van der Waals surface area (Å²) in [4.78, 5) is 0. The lowest BCUT2D eigenvalue weighted by Crippen LogP contribution is -2.41. The number of ether oxygens (including phenoxy) is 1. The molecule has 0 amide bonds. The van der Waals surface area contributed by atoms with Crippen molar-refractivity contribution in [2.45, 2.75) is 32.7 Å². The minimum atomic E-state index is 0.229. The summed E-state index contributed by atoms with van der Waals surface area (Å²) in [7, 11) is 1.67. The fourth-order valence-corrected chi connectivity index (χ4v) is 2.05. The first-order valence-electron chi connectivity index (χ1n) is 5.90. The van der Waals surface area contributed by atoms with Crippen LogP contribution in [0.4, 0.5) is 0 Å². The van der Waals surface area contributed by atoms with Crippen molar-refractivity contribution in [2.75, 3.05) is 7.11 Å². The Morgan fingerprint density at radius 2 is 2.18 bits per heavy atom. The number of methoxy groups -OCH3 is 1. The predicted molar refractivity (Wildman–Crippen MR) is 72.3 cm³/mol. The van der Waals surface area contributed by atoms with Crippen LogP contribution in [0.25, 0.3) is 0 Å². The normalized spacial score (nSPS) is 14.4. The van der Waals surface area contributed by atoms with E-state index in [2.05, 4.69) is 19.3 Å². The van der Waals surface area contributed by atoms with Gasteiger partial charge in [-0.1, -0.05) is 31.9 Å². The van der Waals surface area contributed by atoms with Crippen LogP contribution in [-0.4, -0.2) is 13.2 Å². The molecule has 1 aromatic rings. The number of hydrazine groups is 1. The molecular weight excluding hydrogens is 236 g/mol. The Bertz CT molecular complexity index is 357. The van der Waals surface area contributed by atoms with Crippen molar-refractivity contribution in [1.29, 1.82) is 0 Å². The Labute approximate surface area is 108 Å². The zero-order valence-electron chi connectivity index (χ0n) is 10.7. The number of halogens is 1. The SMILES string of the molecule is CCC(C)C(Cc1cc(Cl)ccc1OC)NN. The van der Waals surface area contributed by atoms with Crippen molar-refractivity contribution in [3.8, 4) is 5.75 Å². The van der Waals surface area contributed by atoms with Gasteiger partial charge in [0, 0.05) is 11.1 Å². The lowest BCUT2D eigenvalue weighted by atomic mass is 9.93. The van der Waals surface area contributed by atoms with E-state index in [9.17, 15) is 0 Å². The minimum Gasteiger partial charge on any atom is -0.496 e. The van der Waals surface area contributed by atoms with Gasteiger partial charge < -0.3 is 4.74 Å². The molecule has 0 aliphatic rings. The van der Waals surface area contributed by atoms with Gasteiger partial charge in [-0.25, -0.2) is 0 Å². The number of hydrogen-bond acceptors (Lipinski definition) is 3. The molecule has 2 atom stereocenters. The highest BCUT2D eigenvalue weighted by Gasteiger charge is 2.17. The van der Waals surface area contributed by atoms with E-state index in [1.165, 1.54) is 0 Å². The molecule has 0 radical (unpaired) electrons. The van der Waals surface area contributed by atoms with E-state index in [1.807, 2.05) is 18.2 Å². The molecule has 0 saturated heterocycles. The fourth-order valence-electron chi connectivity index (χ4n) is 1.85. The average Bonchev–Trinajstić information content (AvgIpc) is 2.35. The second-order valence-electron chi connectivity index (χ2n) is 4.32. The number of nitrogens with one attached hydrogen (secondary N) is 1. The van der Waals surface area contributed by atoms with Gasteiger partial charge in [0.1, 0.15) is 5.75 Å². The zero-order chi connectivity index (χ0) is 12.8. The van der Waals surface area contributed by atoms with E-state index in [1.54, 1.807) is 7.11 Å². The van der Waals surface area contributed by atoms with Crippen LogP contribution in [0.3, 0.4) is 0 Å². The van der Waals surface area contributed by atoms with Crippen LogP contribution in [-0.2, 0) is 6.42 Å². The smallest absolute Gasteiger partial charge is 0.122 e. The summed E-state index contributed by atoms with van der Waals surface area (Å²) in [5.74, 6) is 6.97. The predicted octanol–water partition coefficient (Wildman–Crippen LogP) is 2.77. The monoisotopic (exact) mass is 256 g/mol. The maximum absolute atomic E-state index is 6.01. The molecule has 3 N–H and O–H groups in total. The molecule has 0 fully saturated rings. The van der Waals surface area contributed by atoms with Gasteiger partial charge in [0.2, 0.25) is 0 Å². The molecule has 3 nitrogen and oxygen atoms in total. The van der Waals surface area contributed by atoms with Gasteiger partial charge >= 0.3 is 0 Å². The van der Waals surface area contributed by atoms with Crippen molar-refractivity contribution in [2.24, 2.45) is 11.8 Å². The second-order valence-corrected chi connectivity index (χ2v) is 4.76. The maximum atomic E-state index is 6.01. The first-order chi connectivity index (χ1) is 8.12.